The van der Waals surface area contributed by atoms with Crippen LogP contribution in [0.1, 0.15) is 17.3 Å². The van der Waals surface area contributed by atoms with Gasteiger partial charge in [0.05, 0.1) is 14.2 Å². The number of esters is 1. The largest absolute Gasteiger partial charge is 0.496 e. The van der Waals surface area contributed by atoms with Gasteiger partial charge in [-0.25, -0.2) is 9.59 Å². The number of benzene rings is 1. The molecule has 0 fully saturated rings. The summed E-state index contributed by atoms with van der Waals surface area (Å²) in [4.78, 5) is 34.4. The first-order valence-electron chi connectivity index (χ1n) is 5.82. The Morgan fingerprint density at radius 2 is 1.90 bits per heavy atom. The van der Waals surface area contributed by atoms with Crippen molar-refractivity contribution in [3.63, 3.8) is 0 Å². The van der Waals surface area contributed by atoms with E-state index < -0.39 is 24.1 Å². The van der Waals surface area contributed by atoms with E-state index in [0.717, 1.165) is 7.11 Å². The van der Waals surface area contributed by atoms with Crippen LogP contribution < -0.4 is 10.1 Å². The highest BCUT2D eigenvalue weighted by atomic mass is 35.5. The van der Waals surface area contributed by atoms with Crippen molar-refractivity contribution in [3.05, 3.63) is 28.8 Å². The van der Waals surface area contributed by atoms with Crippen LogP contribution in [0.25, 0.3) is 0 Å². The molecule has 8 heteroatoms. The highest BCUT2D eigenvalue weighted by molar-refractivity contribution is 6.31. The molecule has 0 heterocycles. The lowest BCUT2D eigenvalue weighted by molar-refractivity contribution is -0.128. The smallest absolute Gasteiger partial charge is 0.413 e. The molecule has 0 aliphatic carbocycles. The molecule has 0 radical (unpaired) electrons. The molecule has 114 valence electrons. The van der Waals surface area contributed by atoms with E-state index in [9.17, 15) is 14.4 Å². The van der Waals surface area contributed by atoms with Crippen molar-refractivity contribution in [1.29, 1.82) is 0 Å². The lowest BCUT2D eigenvalue weighted by Crippen LogP contribution is -2.39. The molecule has 1 atom stereocenters. The van der Waals surface area contributed by atoms with Gasteiger partial charge in [0, 0.05) is 5.02 Å². The summed E-state index contributed by atoms with van der Waals surface area (Å²) in [6, 6.07) is 4.40. The fourth-order valence-electron chi connectivity index (χ4n) is 1.37. The molecule has 0 aromatic heterocycles. The zero-order valence-electron chi connectivity index (χ0n) is 11.6. The van der Waals surface area contributed by atoms with Crippen molar-refractivity contribution in [2.75, 3.05) is 14.2 Å². The summed E-state index contributed by atoms with van der Waals surface area (Å²) in [6.07, 6.45) is -2.14. The SMILES string of the molecule is COC(=O)NC(=O)[C@@H](C)OC(=O)c1cc(Cl)ccc1OC. The summed E-state index contributed by atoms with van der Waals surface area (Å²) >= 11 is 5.80. The van der Waals surface area contributed by atoms with Crippen LogP contribution in [0, 0.1) is 0 Å². The quantitative estimate of drug-likeness (QED) is 0.852. The van der Waals surface area contributed by atoms with Crippen LogP contribution in [0.4, 0.5) is 4.79 Å². The maximum absolute atomic E-state index is 12.0. The van der Waals surface area contributed by atoms with Gasteiger partial charge >= 0.3 is 12.1 Å². The van der Waals surface area contributed by atoms with Gasteiger partial charge in [-0.2, -0.15) is 0 Å². The first-order valence-corrected chi connectivity index (χ1v) is 6.20. The van der Waals surface area contributed by atoms with Gasteiger partial charge in [0.25, 0.3) is 5.91 Å². The topological polar surface area (TPSA) is 90.9 Å². The summed E-state index contributed by atoms with van der Waals surface area (Å²) in [5.41, 5.74) is 0.0720. The molecule has 1 aromatic rings. The van der Waals surface area contributed by atoms with E-state index in [1.54, 1.807) is 6.07 Å². The highest BCUT2D eigenvalue weighted by Gasteiger charge is 2.23. The third-order valence-electron chi connectivity index (χ3n) is 2.45. The molecule has 0 spiro atoms. The van der Waals surface area contributed by atoms with Crippen molar-refractivity contribution in [2.45, 2.75) is 13.0 Å². The molecule has 0 aliphatic heterocycles. The summed E-state index contributed by atoms with van der Waals surface area (Å²) < 4.78 is 14.2. The molecule has 0 saturated heterocycles. The first-order chi connectivity index (χ1) is 9.88. The summed E-state index contributed by atoms with van der Waals surface area (Å²) in [6.45, 7) is 1.31. The van der Waals surface area contributed by atoms with Gasteiger partial charge in [-0.15, -0.1) is 0 Å². The zero-order valence-corrected chi connectivity index (χ0v) is 12.4. The summed E-state index contributed by atoms with van der Waals surface area (Å²) in [5, 5.41) is 2.21. The maximum Gasteiger partial charge on any atom is 0.413 e. The Kier molecular flexibility index (Phi) is 5.98. The lowest BCUT2D eigenvalue weighted by atomic mass is 10.2. The number of methoxy groups -OCH3 is 2. The second-order valence-electron chi connectivity index (χ2n) is 3.87. The minimum Gasteiger partial charge on any atom is -0.496 e. The molecule has 0 aliphatic rings. The van der Waals surface area contributed by atoms with Crippen LogP contribution in [0.15, 0.2) is 18.2 Å². The van der Waals surface area contributed by atoms with Crippen LogP contribution in [-0.2, 0) is 14.3 Å². The molecule has 0 unspecified atom stereocenters. The number of carbonyl (C=O) groups is 3. The monoisotopic (exact) mass is 315 g/mol. The predicted molar refractivity (Wildman–Crippen MR) is 73.4 cm³/mol. The van der Waals surface area contributed by atoms with Gasteiger partial charge < -0.3 is 14.2 Å². The summed E-state index contributed by atoms with van der Waals surface area (Å²) in [7, 11) is 2.49. The number of hydrogen-bond donors (Lipinski definition) is 1. The molecular formula is C13H14ClNO6. The number of imide groups is 1. The molecule has 1 N–H and O–H groups in total. The molecule has 1 rings (SSSR count). The third kappa shape index (κ3) is 4.64. The number of rotatable bonds is 4. The minimum atomic E-state index is -1.19. The van der Waals surface area contributed by atoms with Crippen molar-refractivity contribution in [3.8, 4) is 5.75 Å². The van der Waals surface area contributed by atoms with E-state index in [2.05, 4.69) is 4.74 Å². The molecule has 1 aromatic carbocycles. The zero-order chi connectivity index (χ0) is 16.0. The number of carbonyl (C=O) groups excluding carboxylic acids is 3. The van der Waals surface area contributed by atoms with Crippen LogP contribution >= 0.6 is 11.6 Å². The van der Waals surface area contributed by atoms with Gasteiger partial charge in [-0.1, -0.05) is 11.6 Å². The number of ether oxygens (including phenoxy) is 3. The number of hydrogen-bond acceptors (Lipinski definition) is 6. The Morgan fingerprint density at radius 1 is 1.24 bits per heavy atom. The average molecular weight is 316 g/mol. The Hall–Kier alpha value is -2.28. The molecular weight excluding hydrogens is 302 g/mol. The molecule has 2 amide bonds. The van der Waals surface area contributed by atoms with Crippen molar-refractivity contribution in [1.82, 2.24) is 5.32 Å². The second-order valence-corrected chi connectivity index (χ2v) is 4.31. The van der Waals surface area contributed by atoms with Crippen LogP contribution in [-0.4, -0.2) is 38.3 Å². The number of nitrogens with one attached hydrogen (secondary N) is 1. The Morgan fingerprint density at radius 3 is 2.48 bits per heavy atom. The van der Waals surface area contributed by atoms with Gasteiger partial charge in [-0.3, -0.25) is 10.1 Å². The van der Waals surface area contributed by atoms with E-state index in [4.69, 9.17) is 21.1 Å². The van der Waals surface area contributed by atoms with Crippen LogP contribution in [0.3, 0.4) is 0 Å². The summed E-state index contributed by atoms with van der Waals surface area (Å²) in [5.74, 6) is -1.36. The number of alkyl carbamates (subject to hydrolysis) is 1. The van der Waals surface area contributed by atoms with Crippen molar-refractivity contribution in [2.24, 2.45) is 0 Å². The van der Waals surface area contributed by atoms with E-state index in [1.807, 2.05) is 5.32 Å². The Balaban J connectivity index is 2.79. The van der Waals surface area contributed by atoms with Gasteiger partial charge in [0.2, 0.25) is 0 Å². The molecule has 0 saturated carbocycles. The van der Waals surface area contributed by atoms with Crippen LogP contribution in [0.2, 0.25) is 5.02 Å². The standard InChI is InChI=1S/C13H14ClNO6/c1-7(11(16)15-13(18)20-3)21-12(17)9-6-8(14)4-5-10(9)19-2/h4-7H,1-3H3,(H,15,16,18)/t7-/m1/s1. The third-order valence-corrected chi connectivity index (χ3v) is 2.68. The van der Waals surface area contributed by atoms with Crippen molar-refractivity contribution < 1.29 is 28.6 Å². The second kappa shape index (κ2) is 7.49. The van der Waals surface area contributed by atoms with E-state index >= 15 is 0 Å². The normalized spacial score (nSPS) is 11.2. The molecule has 21 heavy (non-hydrogen) atoms. The maximum atomic E-state index is 12.0. The van der Waals surface area contributed by atoms with Crippen LogP contribution in [0.5, 0.6) is 5.75 Å². The first kappa shape index (κ1) is 16.8. The fraction of sp³-hybridized carbons (Fsp3) is 0.308. The number of amides is 2. The predicted octanol–water partition coefficient (Wildman–Crippen LogP) is 1.78. The molecule has 7 nitrogen and oxygen atoms in total. The van der Waals surface area contributed by atoms with E-state index in [1.165, 1.54) is 26.2 Å². The highest BCUT2D eigenvalue weighted by Crippen LogP contribution is 2.23. The van der Waals surface area contributed by atoms with Crippen molar-refractivity contribution >= 4 is 29.6 Å². The Bertz CT molecular complexity index is 560. The fourth-order valence-corrected chi connectivity index (χ4v) is 1.54. The lowest BCUT2D eigenvalue weighted by Gasteiger charge is -2.14. The Labute approximate surface area is 126 Å². The molecule has 0 bridgehead atoms. The van der Waals surface area contributed by atoms with E-state index in [0.29, 0.717) is 5.02 Å². The minimum absolute atomic E-state index is 0.0720. The van der Waals surface area contributed by atoms with Gasteiger partial charge in [0.1, 0.15) is 11.3 Å². The van der Waals surface area contributed by atoms with E-state index in [-0.39, 0.29) is 11.3 Å². The van der Waals surface area contributed by atoms with Gasteiger partial charge in [-0.05, 0) is 25.1 Å². The van der Waals surface area contributed by atoms with Gasteiger partial charge in [0.15, 0.2) is 6.10 Å². The average Bonchev–Trinajstić information content (AvgIpc) is 2.46. The number of halogens is 1.